The molecule has 0 aliphatic heterocycles. The molecule has 0 fully saturated rings. The Kier molecular flexibility index (Phi) is 5.39. The van der Waals surface area contributed by atoms with Crippen LogP contribution in [0.3, 0.4) is 0 Å². The highest BCUT2D eigenvalue weighted by Crippen LogP contribution is 2.28. The molecule has 0 saturated carbocycles. The number of benzene rings is 2. The zero-order valence-electron chi connectivity index (χ0n) is 12.6. The minimum absolute atomic E-state index is 0.0639. The Bertz CT molecular complexity index is 628. The largest absolute Gasteiger partial charge is 0.497 e. The van der Waals surface area contributed by atoms with Crippen LogP contribution < -0.4 is 16.0 Å². The van der Waals surface area contributed by atoms with Crippen molar-refractivity contribution in [3.05, 3.63) is 63.1 Å². The van der Waals surface area contributed by atoms with Crippen LogP contribution in [0.5, 0.6) is 5.75 Å². The van der Waals surface area contributed by atoms with Crippen LogP contribution in [0.1, 0.15) is 28.3 Å². The summed E-state index contributed by atoms with van der Waals surface area (Å²) >= 11 is 3.60. The zero-order valence-corrected chi connectivity index (χ0v) is 14.2. The molecule has 4 heteroatoms. The molecule has 0 saturated heterocycles. The molecule has 0 aromatic heterocycles. The van der Waals surface area contributed by atoms with E-state index in [4.69, 9.17) is 10.6 Å². The van der Waals surface area contributed by atoms with E-state index >= 15 is 0 Å². The Hall–Kier alpha value is -1.36. The fraction of sp³-hybridized carbons (Fsp3) is 0.294. The van der Waals surface area contributed by atoms with Gasteiger partial charge in [-0.05, 0) is 55.2 Å². The van der Waals surface area contributed by atoms with Crippen LogP contribution in [0.2, 0.25) is 0 Å². The molecule has 0 bridgehead atoms. The molecular formula is C17H21BrN2O. The van der Waals surface area contributed by atoms with E-state index in [0.29, 0.717) is 0 Å². The number of methoxy groups -OCH3 is 1. The fourth-order valence-electron chi connectivity index (χ4n) is 2.53. The summed E-state index contributed by atoms with van der Waals surface area (Å²) in [6, 6.07) is 12.5. The summed E-state index contributed by atoms with van der Waals surface area (Å²) in [4.78, 5) is 0. The van der Waals surface area contributed by atoms with Crippen molar-refractivity contribution < 1.29 is 4.74 Å². The molecule has 21 heavy (non-hydrogen) atoms. The van der Waals surface area contributed by atoms with Crippen molar-refractivity contribution in [2.45, 2.75) is 26.3 Å². The first-order valence-corrected chi connectivity index (χ1v) is 7.70. The van der Waals surface area contributed by atoms with Crippen LogP contribution in [0.15, 0.2) is 40.9 Å². The SMILES string of the molecule is COc1ccc(Br)c(CC(NN)c2ccc(C)cc2C)c1. The monoisotopic (exact) mass is 348 g/mol. The Labute approximate surface area is 134 Å². The number of nitrogens with one attached hydrogen (secondary N) is 1. The number of hydrazine groups is 1. The summed E-state index contributed by atoms with van der Waals surface area (Å²) in [5, 5.41) is 0. The molecule has 0 aliphatic rings. The van der Waals surface area contributed by atoms with Crippen LogP contribution in [-0.4, -0.2) is 7.11 Å². The average Bonchev–Trinajstić information content (AvgIpc) is 2.47. The van der Waals surface area contributed by atoms with E-state index in [0.717, 1.165) is 22.2 Å². The van der Waals surface area contributed by atoms with Gasteiger partial charge in [0.2, 0.25) is 0 Å². The smallest absolute Gasteiger partial charge is 0.119 e. The Balaban J connectivity index is 2.30. The van der Waals surface area contributed by atoms with Crippen molar-refractivity contribution in [2.75, 3.05) is 7.11 Å². The molecule has 2 aromatic rings. The van der Waals surface area contributed by atoms with Crippen molar-refractivity contribution >= 4 is 15.9 Å². The summed E-state index contributed by atoms with van der Waals surface area (Å²) in [6.45, 7) is 4.22. The van der Waals surface area contributed by atoms with Crippen LogP contribution in [0.25, 0.3) is 0 Å². The van der Waals surface area contributed by atoms with Gasteiger partial charge < -0.3 is 4.74 Å². The molecule has 2 rings (SSSR count). The lowest BCUT2D eigenvalue weighted by atomic mass is 9.94. The normalized spacial score (nSPS) is 12.2. The molecule has 1 atom stereocenters. The number of hydrogen-bond donors (Lipinski definition) is 2. The second kappa shape index (κ2) is 7.07. The molecule has 112 valence electrons. The zero-order chi connectivity index (χ0) is 15.4. The maximum absolute atomic E-state index is 5.78. The molecular weight excluding hydrogens is 328 g/mol. The van der Waals surface area contributed by atoms with Crippen molar-refractivity contribution in [3.8, 4) is 5.75 Å². The summed E-state index contributed by atoms with van der Waals surface area (Å²) < 4.78 is 6.36. The lowest BCUT2D eigenvalue weighted by Gasteiger charge is -2.20. The van der Waals surface area contributed by atoms with Gasteiger partial charge >= 0.3 is 0 Å². The lowest BCUT2D eigenvalue weighted by molar-refractivity contribution is 0.413. The van der Waals surface area contributed by atoms with Crippen molar-refractivity contribution in [1.82, 2.24) is 5.43 Å². The number of rotatable bonds is 5. The molecule has 3 N–H and O–H groups in total. The van der Waals surface area contributed by atoms with Gasteiger partial charge in [0.15, 0.2) is 0 Å². The second-order valence-corrected chi connectivity index (χ2v) is 6.10. The fourth-order valence-corrected chi connectivity index (χ4v) is 2.94. The molecule has 1 unspecified atom stereocenters. The predicted octanol–water partition coefficient (Wildman–Crippen LogP) is 3.82. The Morgan fingerprint density at radius 3 is 2.57 bits per heavy atom. The van der Waals surface area contributed by atoms with E-state index in [-0.39, 0.29) is 6.04 Å². The number of halogens is 1. The molecule has 0 amide bonds. The van der Waals surface area contributed by atoms with Gasteiger partial charge in [0.05, 0.1) is 13.2 Å². The quantitative estimate of drug-likeness (QED) is 0.637. The maximum atomic E-state index is 5.78. The predicted molar refractivity (Wildman–Crippen MR) is 90.4 cm³/mol. The number of nitrogens with two attached hydrogens (primary N) is 1. The highest BCUT2D eigenvalue weighted by molar-refractivity contribution is 9.10. The first-order chi connectivity index (χ1) is 10.0. The van der Waals surface area contributed by atoms with Gasteiger partial charge in [0.1, 0.15) is 5.75 Å². The van der Waals surface area contributed by atoms with E-state index in [9.17, 15) is 0 Å². The average molecular weight is 349 g/mol. The van der Waals surface area contributed by atoms with Crippen molar-refractivity contribution in [2.24, 2.45) is 5.84 Å². The highest BCUT2D eigenvalue weighted by atomic mass is 79.9. The molecule has 2 aromatic carbocycles. The van der Waals surface area contributed by atoms with Crippen LogP contribution in [0.4, 0.5) is 0 Å². The van der Waals surface area contributed by atoms with Gasteiger partial charge in [-0.1, -0.05) is 39.7 Å². The first-order valence-electron chi connectivity index (χ1n) is 6.91. The Morgan fingerprint density at radius 1 is 1.19 bits per heavy atom. The number of hydrogen-bond acceptors (Lipinski definition) is 3. The molecule has 0 spiro atoms. The van der Waals surface area contributed by atoms with Gasteiger partial charge in [-0.3, -0.25) is 11.3 Å². The van der Waals surface area contributed by atoms with Crippen molar-refractivity contribution in [1.29, 1.82) is 0 Å². The molecule has 0 aliphatic carbocycles. The highest BCUT2D eigenvalue weighted by Gasteiger charge is 2.15. The second-order valence-electron chi connectivity index (χ2n) is 5.24. The van der Waals surface area contributed by atoms with E-state index in [1.54, 1.807) is 7.11 Å². The van der Waals surface area contributed by atoms with Crippen LogP contribution in [0, 0.1) is 13.8 Å². The Morgan fingerprint density at radius 2 is 1.95 bits per heavy atom. The molecule has 0 heterocycles. The minimum Gasteiger partial charge on any atom is -0.497 e. The van der Waals surface area contributed by atoms with Gasteiger partial charge in [0, 0.05) is 4.47 Å². The number of aryl methyl sites for hydroxylation is 2. The van der Waals surface area contributed by atoms with Gasteiger partial charge in [-0.25, -0.2) is 0 Å². The maximum Gasteiger partial charge on any atom is 0.119 e. The third kappa shape index (κ3) is 3.84. The third-order valence-corrected chi connectivity index (χ3v) is 4.45. The third-order valence-electron chi connectivity index (χ3n) is 3.68. The van der Waals surface area contributed by atoms with E-state index in [1.165, 1.54) is 16.7 Å². The summed E-state index contributed by atoms with van der Waals surface area (Å²) in [5.41, 5.74) is 7.82. The lowest BCUT2D eigenvalue weighted by Crippen LogP contribution is -2.30. The standard InChI is InChI=1S/C17H21BrN2O/c1-11-4-6-15(12(2)8-11)17(20-19)10-13-9-14(21-3)5-7-16(13)18/h4-9,17,20H,10,19H2,1-3H3. The minimum atomic E-state index is 0.0639. The van der Waals surface area contributed by atoms with E-state index in [1.807, 2.05) is 18.2 Å². The van der Waals surface area contributed by atoms with Gasteiger partial charge in [-0.2, -0.15) is 0 Å². The van der Waals surface area contributed by atoms with Gasteiger partial charge in [0.25, 0.3) is 0 Å². The summed E-state index contributed by atoms with van der Waals surface area (Å²) in [7, 11) is 1.68. The van der Waals surface area contributed by atoms with Crippen LogP contribution in [-0.2, 0) is 6.42 Å². The molecule has 0 radical (unpaired) electrons. The van der Waals surface area contributed by atoms with Crippen molar-refractivity contribution in [3.63, 3.8) is 0 Å². The van der Waals surface area contributed by atoms with E-state index < -0.39 is 0 Å². The number of ether oxygens (including phenoxy) is 1. The molecule has 3 nitrogen and oxygen atoms in total. The summed E-state index contributed by atoms with van der Waals surface area (Å²) in [5.74, 6) is 6.64. The van der Waals surface area contributed by atoms with Gasteiger partial charge in [-0.15, -0.1) is 0 Å². The summed E-state index contributed by atoms with van der Waals surface area (Å²) in [6.07, 6.45) is 0.790. The van der Waals surface area contributed by atoms with Crippen LogP contribution >= 0.6 is 15.9 Å². The van der Waals surface area contributed by atoms with E-state index in [2.05, 4.69) is 53.4 Å². The first kappa shape index (κ1) is 16.0. The topological polar surface area (TPSA) is 47.3 Å².